The second-order valence-corrected chi connectivity index (χ2v) is 11.9. The van der Waals surface area contributed by atoms with Crippen LogP contribution >= 0.6 is 0 Å². The smallest absolute Gasteiger partial charge is 0.194 e. The van der Waals surface area contributed by atoms with Gasteiger partial charge in [-0.1, -0.05) is 62.1 Å². The summed E-state index contributed by atoms with van der Waals surface area (Å²) < 4.78 is 5.36. The van der Waals surface area contributed by atoms with Crippen molar-refractivity contribution in [3.63, 3.8) is 0 Å². The van der Waals surface area contributed by atoms with E-state index in [0.717, 1.165) is 33.2 Å². The van der Waals surface area contributed by atoms with Gasteiger partial charge in [-0.2, -0.15) is 0 Å². The van der Waals surface area contributed by atoms with Crippen LogP contribution in [0, 0.1) is 12.1 Å². The second-order valence-electron chi connectivity index (χ2n) is 6.83. The van der Waals surface area contributed by atoms with E-state index in [1.807, 2.05) is 42.5 Å². The Morgan fingerprint density at radius 2 is 1.67 bits per heavy atom. The van der Waals surface area contributed by atoms with Crippen molar-refractivity contribution in [3.8, 4) is 16.9 Å². The lowest BCUT2D eigenvalue weighted by atomic mass is 10.1. The van der Waals surface area contributed by atoms with Crippen LogP contribution in [-0.2, 0) is 0 Å². The van der Waals surface area contributed by atoms with E-state index in [4.69, 9.17) is 4.74 Å². The topological polar surface area (TPSA) is 26.3 Å². The van der Waals surface area contributed by atoms with Crippen molar-refractivity contribution in [2.45, 2.75) is 19.6 Å². The highest BCUT2D eigenvalue weighted by atomic mass is 28.3. The van der Waals surface area contributed by atoms with Gasteiger partial charge in [-0.05, 0) is 23.4 Å². The predicted molar refractivity (Wildman–Crippen MR) is 100 cm³/mol. The third kappa shape index (κ3) is 2.81. The van der Waals surface area contributed by atoms with Crippen molar-refractivity contribution in [2.24, 2.45) is 0 Å². The first-order valence-corrected chi connectivity index (χ1v) is 11.5. The number of carbonyl (C=O) groups excluding carboxylic acids is 1. The number of carbonyl (C=O) groups is 1. The molecule has 2 aromatic rings. The molecule has 0 aliphatic heterocycles. The molecule has 0 amide bonds. The summed E-state index contributed by atoms with van der Waals surface area (Å²) in [6.45, 7) is 6.74. The number of hydrogen-bond acceptors (Lipinski definition) is 2. The van der Waals surface area contributed by atoms with E-state index in [1.54, 1.807) is 13.2 Å². The Balaban J connectivity index is 2.44. The van der Waals surface area contributed by atoms with E-state index < -0.39 is 8.07 Å². The lowest BCUT2D eigenvalue weighted by molar-refractivity contribution is 0.104. The molecule has 3 rings (SSSR count). The molecule has 0 saturated carbocycles. The third-order valence-corrected chi connectivity index (χ3v) is 6.21. The number of rotatable bonds is 2. The highest BCUT2D eigenvalue weighted by molar-refractivity contribution is 6.89. The van der Waals surface area contributed by atoms with Crippen LogP contribution < -0.4 is 9.92 Å². The lowest BCUT2D eigenvalue weighted by Gasteiger charge is -2.18. The maximum Gasteiger partial charge on any atom is 0.194 e. The molecule has 2 aromatic carbocycles. The number of hydrogen-bond donors (Lipinski definition) is 0. The van der Waals surface area contributed by atoms with Crippen LogP contribution in [0.4, 0.5) is 0 Å². The quantitative estimate of drug-likeness (QED) is 0.658. The molecule has 2 nitrogen and oxygen atoms in total. The molecular formula is C21H20O2Si. The molecule has 3 heteroatoms. The molecule has 24 heavy (non-hydrogen) atoms. The summed E-state index contributed by atoms with van der Waals surface area (Å²) in [6, 6.07) is 21.6. The van der Waals surface area contributed by atoms with Gasteiger partial charge >= 0.3 is 0 Å². The van der Waals surface area contributed by atoms with Crippen molar-refractivity contribution in [1.29, 1.82) is 0 Å². The molecule has 0 fully saturated rings. The standard InChI is InChI=1S/C21H20O2Si/c1-23-15-9-5-6-11-17-16-10-7-8-12-18(16)21(22)20(17)19(14-13-15)24(2,3)4/h5,7-10,12-14H,1-4H3. The van der Waals surface area contributed by atoms with Gasteiger partial charge in [0.15, 0.2) is 5.78 Å². The molecule has 120 valence electrons. The molecule has 0 radical (unpaired) electrons. The molecule has 0 heterocycles. The Morgan fingerprint density at radius 3 is 2.33 bits per heavy atom. The fraction of sp³-hybridized carbons (Fsp3) is 0.190. The van der Waals surface area contributed by atoms with Crippen molar-refractivity contribution >= 4 is 19.0 Å². The Labute approximate surface area is 144 Å². The van der Waals surface area contributed by atoms with Crippen LogP contribution in [0.15, 0.2) is 48.5 Å². The van der Waals surface area contributed by atoms with Gasteiger partial charge in [0.25, 0.3) is 0 Å². The molecule has 0 saturated heterocycles. The monoisotopic (exact) mass is 332 g/mol. The molecule has 1 aliphatic rings. The normalized spacial score (nSPS) is 11.9. The first kappa shape index (κ1) is 16.3. The van der Waals surface area contributed by atoms with E-state index >= 15 is 0 Å². The van der Waals surface area contributed by atoms with Gasteiger partial charge < -0.3 is 4.74 Å². The lowest BCUT2D eigenvalue weighted by Crippen LogP contribution is -2.40. The predicted octanol–water partition coefficient (Wildman–Crippen LogP) is 4.18. The highest BCUT2D eigenvalue weighted by Gasteiger charge is 2.32. The molecule has 0 atom stereocenters. The van der Waals surface area contributed by atoms with Crippen LogP contribution in [0.5, 0.6) is 5.75 Å². The summed E-state index contributed by atoms with van der Waals surface area (Å²) in [7, 11) is -0.131. The minimum absolute atomic E-state index is 0.0838. The summed E-state index contributed by atoms with van der Waals surface area (Å²) in [4.78, 5) is 13.1. The van der Waals surface area contributed by atoms with E-state index in [2.05, 4.69) is 31.8 Å². The number of methoxy groups -OCH3 is 1. The van der Waals surface area contributed by atoms with E-state index in [9.17, 15) is 4.79 Å². The molecule has 1 aliphatic carbocycles. The van der Waals surface area contributed by atoms with Gasteiger partial charge in [-0.15, -0.1) is 0 Å². The second kappa shape index (κ2) is 6.14. The van der Waals surface area contributed by atoms with Gasteiger partial charge in [0.05, 0.1) is 15.2 Å². The number of ether oxygens (including phenoxy) is 1. The summed E-state index contributed by atoms with van der Waals surface area (Å²) in [6.07, 6.45) is 0. The van der Waals surface area contributed by atoms with Gasteiger partial charge in [-0.3, -0.25) is 4.79 Å². The Bertz CT molecular complexity index is 862. The summed E-state index contributed by atoms with van der Waals surface area (Å²) in [5.74, 6) is 0.813. The summed E-state index contributed by atoms with van der Waals surface area (Å²) in [5, 5.41) is 1.11. The zero-order chi connectivity index (χ0) is 17.3. The number of ketones is 1. The van der Waals surface area contributed by atoms with E-state index in [0.29, 0.717) is 0 Å². The van der Waals surface area contributed by atoms with Gasteiger partial charge in [-0.25, -0.2) is 0 Å². The zero-order valence-electron chi connectivity index (χ0n) is 14.4. The SMILES string of the molecule is COc1ccc#cc2c(c([Si](C)(C)C)cc1)C(=O)c1ccccc1-2. The molecule has 0 aromatic heterocycles. The first-order chi connectivity index (χ1) is 11.4. The Kier molecular flexibility index (Phi) is 4.17. The number of benzene rings is 1. The Hall–Kier alpha value is -2.57. The van der Waals surface area contributed by atoms with Crippen molar-refractivity contribution in [2.75, 3.05) is 7.11 Å². The van der Waals surface area contributed by atoms with E-state index in [1.165, 1.54) is 0 Å². The average Bonchev–Trinajstić information content (AvgIpc) is 2.82. The van der Waals surface area contributed by atoms with Crippen LogP contribution in [0.2, 0.25) is 19.6 Å². The molecule has 0 bridgehead atoms. The zero-order valence-corrected chi connectivity index (χ0v) is 15.4. The van der Waals surface area contributed by atoms with Crippen LogP contribution in [0.1, 0.15) is 15.9 Å². The highest BCUT2D eigenvalue weighted by Crippen LogP contribution is 2.34. The first-order valence-electron chi connectivity index (χ1n) is 7.97. The van der Waals surface area contributed by atoms with Gasteiger partial charge in [0, 0.05) is 22.3 Å². The van der Waals surface area contributed by atoms with Crippen LogP contribution in [0.3, 0.4) is 0 Å². The van der Waals surface area contributed by atoms with Gasteiger partial charge in [0.2, 0.25) is 0 Å². The maximum absolute atomic E-state index is 13.1. The van der Waals surface area contributed by atoms with Crippen LogP contribution in [0.25, 0.3) is 11.1 Å². The van der Waals surface area contributed by atoms with E-state index in [-0.39, 0.29) is 5.78 Å². The molecule has 0 spiro atoms. The number of fused-ring (bicyclic) bond motifs is 3. The minimum atomic E-state index is -1.77. The molecular weight excluding hydrogens is 312 g/mol. The summed E-state index contributed by atoms with van der Waals surface area (Å²) in [5.41, 5.74) is 3.31. The maximum atomic E-state index is 13.1. The van der Waals surface area contributed by atoms with Crippen molar-refractivity contribution < 1.29 is 9.53 Å². The summed E-state index contributed by atoms with van der Waals surface area (Å²) >= 11 is 0. The Morgan fingerprint density at radius 1 is 0.958 bits per heavy atom. The van der Waals surface area contributed by atoms with Gasteiger partial charge in [0.1, 0.15) is 5.75 Å². The van der Waals surface area contributed by atoms with Crippen molar-refractivity contribution in [1.82, 2.24) is 0 Å². The molecule has 0 N–H and O–H groups in total. The fourth-order valence-corrected chi connectivity index (χ4v) is 4.54. The minimum Gasteiger partial charge on any atom is -0.497 e. The fourth-order valence-electron chi connectivity index (χ4n) is 2.97. The third-order valence-electron chi connectivity index (χ3n) is 4.17. The van der Waals surface area contributed by atoms with Crippen molar-refractivity contribution in [3.05, 3.63) is 71.8 Å². The average molecular weight is 332 g/mol. The largest absolute Gasteiger partial charge is 0.497 e. The van der Waals surface area contributed by atoms with Crippen LogP contribution in [-0.4, -0.2) is 21.0 Å². The molecule has 0 unspecified atom stereocenters.